The maximum absolute atomic E-state index is 12.6. The monoisotopic (exact) mass is 211 g/mol. The van der Waals surface area contributed by atoms with Gasteiger partial charge in [-0.05, 0) is 13.8 Å². The van der Waals surface area contributed by atoms with Gasteiger partial charge in [-0.15, -0.1) is 0 Å². The van der Waals surface area contributed by atoms with E-state index >= 15 is 0 Å². The summed E-state index contributed by atoms with van der Waals surface area (Å²) in [6, 6.07) is 1.92. The van der Waals surface area contributed by atoms with Gasteiger partial charge in [0.25, 0.3) is 6.01 Å². The molecule has 0 amide bonds. The summed E-state index contributed by atoms with van der Waals surface area (Å²) in [4.78, 5) is 14.1. The molecule has 0 aliphatic heterocycles. The molecule has 0 spiro atoms. The van der Waals surface area contributed by atoms with Crippen molar-refractivity contribution < 1.29 is 18.3 Å². The van der Waals surface area contributed by atoms with Gasteiger partial charge in [0, 0.05) is 12.1 Å². The molecule has 0 aliphatic carbocycles. The number of nitrogens with one attached hydrogen (secondary N) is 1. The van der Waals surface area contributed by atoms with E-state index in [1.54, 1.807) is 13.8 Å². The van der Waals surface area contributed by atoms with Crippen LogP contribution in [0, 0.1) is 6.01 Å². The molecular weight excluding hydrogens is 201 g/mol. The molecule has 15 heavy (non-hydrogen) atoms. The molecule has 0 aliphatic rings. The molecule has 0 bridgehead atoms. The molecule has 0 saturated carbocycles. The number of furan rings is 1. The van der Waals surface area contributed by atoms with E-state index in [4.69, 9.17) is 9.15 Å². The van der Waals surface area contributed by atoms with Gasteiger partial charge in [-0.1, -0.05) is 0 Å². The SMILES string of the molecule is CC(C)OC(=O)c1cc2oc(F)cc2[nH]1. The molecule has 1 N–H and O–H groups in total. The Hall–Kier alpha value is -1.78. The van der Waals surface area contributed by atoms with Crippen LogP contribution in [0.2, 0.25) is 0 Å². The molecule has 2 aromatic heterocycles. The zero-order valence-corrected chi connectivity index (χ0v) is 8.33. The number of aromatic nitrogens is 1. The van der Waals surface area contributed by atoms with E-state index in [2.05, 4.69) is 4.98 Å². The van der Waals surface area contributed by atoms with Crippen LogP contribution in [0.1, 0.15) is 24.3 Å². The van der Waals surface area contributed by atoms with Gasteiger partial charge in [0.05, 0.1) is 11.6 Å². The van der Waals surface area contributed by atoms with E-state index in [1.807, 2.05) is 0 Å². The van der Waals surface area contributed by atoms with Crippen LogP contribution in [0.5, 0.6) is 0 Å². The summed E-state index contributed by atoms with van der Waals surface area (Å²) in [6.07, 6.45) is -0.191. The van der Waals surface area contributed by atoms with Crippen molar-refractivity contribution >= 4 is 17.1 Å². The normalized spacial score (nSPS) is 11.2. The second kappa shape index (κ2) is 3.42. The highest BCUT2D eigenvalue weighted by molar-refractivity contribution is 5.93. The van der Waals surface area contributed by atoms with Crippen molar-refractivity contribution in [1.29, 1.82) is 0 Å². The molecule has 5 heteroatoms. The molecule has 0 atom stereocenters. The predicted molar refractivity (Wildman–Crippen MR) is 51.1 cm³/mol. The number of fused-ring (bicyclic) bond motifs is 1. The van der Waals surface area contributed by atoms with E-state index in [9.17, 15) is 9.18 Å². The molecule has 2 aromatic rings. The summed E-state index contributed by atoms with van der Waals surface area (Å²) in [5.74, 6) is -0.475. The van der Waals surface area contributed by atoms with Crippen LogP contribution in [-0.4, -0.2) is 17.1 Å². The Morgan fingerprint density at radius 2 is 2.27 bits per heavy atom. The molecule has 4 nitrogen and oxygen atoms in total. The summed E-state index contributed by atoms with van der Waals surface area (Å²) in [5.41, 5.74) is 1.02. The lowest BCUT2D eigenvalue weighted by atomic mass is 10.4. The van der Waals surface area contributed by atoms with E-state index in [1.165, 1.54) is 12.1 Å². The van der Waals surface area contributed by atoms with Crippen molar-refractivity contribution in [3.63, 3.8) is 0 Å². The third-order valence-corrected chi connectivity index (χ3v) is 1.84. The van der Waals surface area contributed by atoms with Crippen LogP contribution in [0.15, 0.2) is 16.5 Å². The smallest absolute Gasteiger partial charge is 0.355 e. The van der Waals surface area contributed by atoms with E-state index in [0.717, 1.165) is 0 Å². The number of esters is 1. The fourth-order valence-electron chi connectivity index (χ4n) is 1.28. The van der Waals surface area contributed by atoms with E-state index in [0.29, 0.717) is 11.1 Å². The van der Waals surface area contributed by atoms with Crippen molar-refractivity contribution in [2.24, 2.45) is 0 Å². The minimum atomic E-state index is -0.681. The Balaban J connectivity index is 2.29. The van der Waals surface area contributed by atoms with E-state index in [-0.39, 0.29) is 11.8 Å². The lowest BCUT2D eigenvalue weighted by Gasteiger charge is -2.05. The van der Waals surface area contributed by atoms with Crippen molar-refractivity contribution in [2.75, 3.05) is 0 Å². The Kier molecular flexibility index (Phi) is 2.22. The molecule has 0 radical (unpaired) electrons. The predicted octanol–water partition coefficient (Wildman–Crippen LogP) is 2.47. The minimum absolute atomic E-state index is 0.191. The average molecular weight is 211 g/mol. The summed E-state index contributed by atoms with van der Waals surface area (Å²) in [5, 5.41) is 0. The average Bonchev–Trinajstić information content (AvgIpc) is 2.58. The summed E-state index contributed by atoms with van der Waals surface area (Å²) in [6.45, 7) is 3.51. The standard InChI is InChI=1S/C10H10FNO3/c1-5(2)14-10(13)7-3-8-6(12-7)4-9(11)15-8/h3-5,12H,1-2H3. The number of carbonyl (C=O) groups is 1. The van der Waals surface area contributed by atoms with Crippen molar-refractivity contribution in [3.05, 3.63) is 23.8 Å². The van der Waals surface area contributed by atoms with Crippen LogP contribution in [0.3, 0.4) is 0 Å². The fourth-order valence-corrected chi connectivity index (χ4v) is 1.28. The number of hydrogen-bond acceptors (Lipinski definition) is 3. The number of rotatable bonds is 2. The molecule has 0 unspecified atom stereocenters. The highest BCUT2D eigenvalue weighted by atomic mass is 19.1. The molecule has 80 valence electrons. The number of ether oxygens (including phenoxy) is 1. The largest absolute Gasteiger partial charge is 0.458 e. The first-order valence-electron chi connectivity index (χ1n) is 4.55. The van der Waals surface area contributed by atoms with Crippen LogP contribution < -0.4 is 0 Å². The van der Waals surface area contributed by atoms with Gasteiger partial charge in [-0.3, -0.25) is 0 Å². The summed E-state index contributed by atoms with van der Waals surface area (Å²) < 4.78 is 22.3. The molecule has 0 saturated heterocycles. The quantitative estimate of drug-likeness (QED) is 0.776. The van der Waals surface area contributed by atoms with Gasteiger partial charge in [0.1, 0.15) is 5.69 Å². The van der Waals surface area contributed by atoms with Crippen molar-refractivity contribution in [3.8, 4) is 0 Å². The highest BCUT2D eigenvalue weighted by Gasteiger charge is 2.15. The zero-order valence-electron chi connectivity index (χ0n) is 8.33. The molecular formula is C10H10FNO3. The maximum Gasteiger partial charge on any atom is 0.355 e. The zero-order chi connectivity index (χ0) is 11.0. The Morgan fingerprint density at radius 1 is 1.53 bits per heavy atom. The number of carbonyl (C=O) groups excluding carboxylic acids is 1. The lowest BCUT2D eigenvalue weighted by Crippen LogP contribution is -2.11. The highest BCUT2D eigenvalue weighted by Crippen LogP contribution is 2.19. The van der Waals surface area contributed by atoms with E-state index < -0.39 is 12.0 Å². The second-order valence-electron chi connectivity index (χ2n) is 3.47. The van der Waals surface area contributed by atoms with Crippen LogP contribution in [0.4, 0.5) is 4.39 Å². The van der Waals surface area contributed by atoms with Gasteiger partial charge in [-0.25, -0.2) is 4.79 Å². The summed E-state index contributed by atoms with van der Waals surface area (Å²) in [7, 11) is 0. The van der Waals surface area contributed by atoms with Crippen molar-refractivity contribution in [2.45, 2.75) is 20.0 Å². The molecule has 0 fully saturated rings. The minimum Gasteiger partial charge on any atom is -0.458 e. The number of H-pyrrole nitrogens is 1. The third-order valence-electron chi connectivity index (χ3n) is 1.84. The van der Waals surface area contributed by atoms with Crippen molar-refractivity contribution in [1.82, 2.24) is 4.98 Å². The fraction of sp³-hybridized carbons (Fsp3) is 0.300. The second-order valence-corrected chi connectivity index (χ2v) is 3.47. The van der Waals surface area contributed by atoms with Gasteiger partial charge < -0.3 is 14.1 Å². The summed E-state index contributed by atoms with van der Waals surface area (Å²) >= 11 is 0. The number of aromatic amines is 1. The van der Waals surface area contributed by atoms with Gasteiger partial charge in [0.15, 0.2) is 5.58 Å². The van der Waals surface area contributed by atoms with Gasteiger partial charge in [-0.2, -0.15) is 4.39 Å². The maximum atomic E-state index is 12.6. The van der Waals surface area contributed by atoms with Crippen LogP contribution >= 0.6 is 0 Å². The topological polar surface area (TPSA) is 55.2 Å². The third kappa shape index (κ3) is 1.86. The first-order chi connectivity index (χ1) is 7.06. The number of halogens is 1. The van der Waals surface area contributed by atoms with Gasteiger partial charge >= 0.3 is 5.97 Å². The Labute approximate surface area is 85.0 Å². The first kappa shape index (κ1) is 9.76. The molecule has 2 heterocycles. The lowest BCUT2D eigenvalue weighted by molar-refractivity contribution is 0.0372. The van der Waals surface area contributed by atoms with Crippen LogP contribution in [-0.2, 0) is 4.74 Å². The van der Waals surface area contributed by atoms with Gasteiger partial charge in [0.2, 0.25) is 0 Å². The Morgan fingerprint density at radius 3 is 2.87 bits per heavy atom. The first-order valence-corrected chi connectivity index (χ1v) is 4.55. The number of hydrogen-bond donors (Lipinski definition) is 1. The molecule has 2 rings (SSSR count). The Bertz CT molecular complexity index is 466. The molecule has 0 aromatic carbocycles. The van der Waals surface area contributed by atoms with Crippen LogP contribution in [0.25, 0.3) is 11.1 Å².